The largest absolute Gasteiger partial charge is 0.427 e. The number of piperidine rings is 1. The third kappa shape index (κ3) is 3.89. The highest BCUT2D eigenvalue weighted by molar-refractivity contribution is 5.67. The van der Waals surface area contributed by atoms with Crippen molar-refractivity contribution in [2.75, 3.05) is 13.1 Å². The number of likely N-dealkylation sites (tertiary alicyclic amines) is 1. The summed E-state index contributed by atoms with van der Waals surface area (Å²) < 4.78 is 6.73. The summed E-state index contributed by atoms with van der Waals surface area (Å²) in [4.78, 5) is 30.9. The number of rotatable bonds is 3. The Morgan fingerprint density at radius 1 is 1.11 bits per heavy atom. The van der Waals surface area contributed by atoms with Crippen LogP contribution in [0, 0.1) is 5.41 Å². The fraction of sp³-hybridized carbons (Fsp3) is 0.476. The van der Waals surface area contributed by atoms with Gasteiger partial charge < -0.3 is 9.64 Å². The number of amides is 1. The van der Waals surface area contributed by atoms with E-state index in [-0.39, 0.29) is 18.4 Å². The van der Waals surface area contributed by atoms with Gasteiger partial charge in [-0.1, -0.05) is 43.2 Å². The minimum atomic E-state index is -0.333. The molecule has 0 unspecified atom stereocenters. The first-order valence-corrected chi connectivity index (χ1v) is 9.69. The van der Waals surface area contributed by atoms with E-state index in [9.17, 15) is 9.59 Å². The molecule has 2 aliphatic rings. The molecule has 0 radical (unpaired) electrons. The van der Waals surface area contributed by atoms with Gasteiger partial charge in [0.05, 0.1) is 5.69 Å². The van der Waals surface area contributed by atoms with Gasteiger partial charge in [-0.15, -0.1) is 0 Å². The minimum absolute atomic E-state index is 0.108. The van der Waals surface area contributed by atoms with Crippen LogP contribution in [-0.4, -0.2) is 33.6 Å². The van der Waals surface area contributed by atoms with Crippen molar-refractivity contribution in [3.05, 3.63) is 53.1 Å². The molecule has 27 heavy (non-hydrogen) atoms. The van der Waals surface area contributed by atoms with E-state index in [1.165, 1.54) is 49.1 Å². The fourth-order valence-electron chi connectivity index (χ4n) is 4.40. The Hall–Kier alpha value is -2.63. The lowest BCUT2D eigenvalue weighted by Gasteiger charge is -2.39. The summed E-state index contributed by atoms with van der Waals surface area (Å²) in [5.41, 5.74) is 1.56. The number of nitrogens with zero attached hydrogens (tertiary/aromatic N) is 3. The fourth-order valence-corrected chi connectivity index (χ4v) is 4.40. The van der Waals surface area contributed by atoms with Gasteiger partial charge in [0.25, 0.3) is 5.56 Å². The summed E-state index contributed by atoms with van der Waals surface area (Å²) in [5.74, 6) is 0. The highest BCUT2D eigenvalue weighted by Gasteiger charge is 2.39. The molecule has 0 N–H and O–H groups in total. The van der Waals surface area contributed by atoms with Crippen LogP contribution in [0.5, 0.6) is 0 Å². The summed E-state index contributed by atoms with van der Waals surface area (Å²) in [5, 5.41) is 0. The summed E-state index contributed by atoms with van der Waals surface area (Å²) in [6.45, 7) is 1.41. The average Bonchev–Trinajstić information content (AvgIpc) is 3.15. The Morgan fingerprint density at radius 3 is 2.59 bits per heavy atom. The first kappa shape index (κ1) is 17.8. The number of aromatic nitrogens is 2. The zero-order valence-corrected chi connectivity index (χ0v) is 15.5. The van der Waals surface area contributed by atoms with Crippen LogP contribution in [0.1, 0.15) is 38.5 Å². The lowest BCUT2D eigenvalue weighted by atomic mass is 9.78. The van der Waals surface area contributed by atoms with Crippen molar-refractivity contribution in [1.29, 1.82) is 0 Å². The molecule has 1 amide bonds. The molecule has 6 heteroatoms. The SMILES string of the molecule is O=C(OCn1cnc(-c2ccccc2)cc1=O)N1CCCC2(CCCC2)C1. The molecule has 1 aliphatic heterocycles. The molecule has 1 saturated heterocycles. The van der Waals surface area contributed by atoms with E-state index < -0.39 is 0 Å². The maximum absolute atomic E-state index is 12.5. The van der Waals surface area contributed by atoms with E-state index in [4.69, 9.17) is 4.74 Å². The third-order valence-electron chi connectivity index (χ3n) is 5.86. The zero-order chi connectivity index (χ0) is 18.7. The lowest BCUT2D eigenvalue weighted by Crippen LogP contribution is -2.45. The molecule has 4 rings (SSSR count). The monoisotopic (exact) mass is 367 g/mol. The first-order valence-electron chi connectivity index (χ1n) is 9.69. The smallest absolute Gasteiger partial charge is 0.411 e. The molecule has 1 spiro atoms. The second kappa shape index (κ2) is 7.55. The molecule has 2 heterocycles. The van der Waals surface area contributed by atoms with Crippen molar-refractivity contribution < 1.29 is 9.53 Å². The Balaban J connectivity index is 1.38. The van der Waals surface area contributed by atoms with Gasteiger partial charge in [-0.05, 0) is 31.1 Å². The van der Waals surface area contributed by atoms with E-state index in [0.717, 1.165) is 25.1 Å². The quantitative estimate of drug-likeness (QED) is 0.830. The number of carbonyl (C=O) groups is 1. The molecule has 142 valence electrons. The maximum Gasteiger partial charge on any atom is 0.411 e. The topological polar surface area (TPSA) is 64.4 Å². The van der Waals surface area contributed by atoms with Crippen LogP contribution in [0.3, 0.4) is 0 Å². The van der Waals surface area contributed by atoms with Crippen LogP contribution in [0.4, 0.5) is 4.79 Å². The van der Waals surface area contributed by atoms with Crippen LogP contribution >= 0.6 is 0 Å². The zero-order valence-electron chi connectivity index (χ0n) is 15.5. The standard InChI is InChI=1S/C21H25N3O3/c25-19-13-18(17-7-2-1-3-8-17)22-15-24(19)16-27-20(26)23-12-6-11-21(14-23)9-4-5-10-21/h1-3,7-8,13,15H,4-6,9-12,14,16H2. The van der Waals surface area contributed by atoms with E-state index >= 15 is 0 Å². The van der Waals surface area contributed by atoms with Gasteiger partial charge in [-0.25, -0.2) is 9.78 Å². The molecule has 1 aromatic heterocycles. The van der Waals surface area contributed by atoms with Crippen LogP contribution < -0.4 is 5.56 Å². The Morgan fingerprint density at radius 2 is 1.85 bits per heavy atom. The molecule has 2 aromatic rings. The molecule has 6 nitrogen and oxygen atoms in total. The normalized spacial score (nSPS) is 18.6. The van der Waals surface area contributed by atoms with Gasteiger partial charge in [-0.2, -0.15) is 0 Å². The van der Waals surface area contributed by atoms with Gasteiger partial charge in [0.1, 0.15) is 6.33 Å². The van der Waals surface area contributed by atoms with Gasteiger partial charge in [0, 0.05) is 24.7 Å². The molecule has 0 bridgehead atoms. The van der Waals surface area contributed by atoms with Crippen molar-refractivity contribution in [1.82, 2.24) is 14.5 Å². The summed E-state index contributed by atoms with van der Waals surface area (Å²) in [6.07, 6.45) is 8.29. The lowest BCUT2D eigenvalue weighted by molar-refractivity contribution is 0.0400. The van der Waals surface area contributed by atoms with Crippen molar-refractivity contribution in [2.24, 2.45) is 5.41 Å². The Bertz CT molecular complexity index is 856. The van der Waals surface area contributed by atoms with Crippen molar-refractivity contribution in [2.45, 2.75) is 45.3 Å². The second-order valence-electron chi connectivity index (χ2n) is 7.72. The Labute approximate surface area is 158 Å². The average molecular weight is 367 g/mol. The van der Waals surface area contributed by atoms with Crippen LogP contribution in [0.25, 0.3) is 11.3 Å². The van der Waals surface area contributed by atoms with E-state index in [2.05, 4.69) is 4.98 Å². The van der Waals surface area contributed by atoms with Crippen LogP contribution in [0.2, 0.25) is 0 Å². The molecule has 1 aromatic carbocycles. The first-order chi connectivity index (χ1) is 13.2. The molecule has 2 fully saturated rings. The second-order valence-corrected chi connectivity index (χ2v) is 7.72. The summed E-state index contributed by atoms with van der Waals surface area (Å²) >= 11 is 0. The van der Waals surface area contributed by atoms with Crippen LogP contribution in [-0.2, 0) is 11.5 Å². The highest BCUT2D eigenvalue weighted by Crippen LogP contribution is 2.44. The Kier molecular flexibility index (Phi) is 4.97. The van der Waals surface area contributed by atoms with E-state index in [0.29, 0.717) is 11.1 Å². The van der Waals surface area contributed by atoms with Gasteiger partial charge in [0.15, 0.2) is 6.73 Å². The van der Waals surface area contributed by atoms with Crippen LogP contribution in [0.15, 0.2) is 47.5 Å². The van der Waals surface area contributed by atoms with Gasteiger partial charge in [0.2, 0.25) is 0 Å². The number of hydrogen-bond acceptors (Lipinski definition) is 4. The maximum atomic E-state index is 12.5. The number of hydrogen-bond donors (Lipinski definition) is 0. The third-order valence-corrected chi connectivity index (χ3v) is 5.86. The number of ether oxygens (including phenoxy) is 1. The van der Waals surface area contributed by atoms with Crippen molar-refractivity contribution in [3.63, 3.8) is 0 Å². The summed E-state index contributed by atoms with van der Waals surface area (Å²) in [7, 11) is 0. The predicted molar refractivity (Wildman–Crippen MR) is 102 cm³/mol. The van der Waals surface area contributed by atoms with Crippen molar-refractivity contribution in [3.8, 4) is 11.3 Å². The molecule has 1 aliphatic carbocycles. The van der Waals surface area contributed by atoms with E-state index in [1.807, 2.05) is 35.2 Å². The highest BCUT2D eigenvalue weighted by atomic mass is 16.6. The minimum Gasteiger partial charge on any atom is -0.427 e. The van der Waals surface area contributed by atoms with Crippen molar-refractivity contribution >= 4 is 6.09 Å². The molecule has 1 saturated carbocycles. The number of benzene rings is 1. The molecular formula is C21H25N3O3. The van der Waals surface area contributed by atoms with Gasteiger partial charge >= 0.3 is 6.09 Å². The van der Waals surface area contributed by atoms with E-state index in [1.54, 1.807) is 0 Å². The summed E-state index contributed by atoms with van der Waals surface area (Å²) in [6, 6.07) is 11.0. The van der Waals surface area contributed by atoms with Gasteiger partial charge in [-0.3, -0.25) is 9.36 Å². The number of carbonyl (C=O) groups excluding carboxylic acids is 1. The molecule has 0 atom stereocenters. The molecular weight excluding hydrogens is 342 g/mol. The predicted octanol–water partition coefficient (Wildman–Crippen LogP) is 3.66.